The van der Waals surface area contributed by atoms with Crippen molar-refractivity contribution in [1.82, 2.24) is 24.1 Å². The molecule has 0 bridgehead atoms. The Morgan fingerprint density at radius 1 is 0.867 bits per heavy atom. The minimum Gasteiger partial charge on any atom is -0.354 e. The number of hydrogen-bond acceptors (Lipinski definition) is 6. The van der Waals surface area contributed by atoms with E-state index in [0.29, 0.717) is 36.9 Å². The maximum Gasteiger partial charge on any atom is 0.243 e. The zero-order chi connectivity index (χ0) is 21.5. The Morgan fingerprint density at radius 2 is 1.50 bits per heavy atom. The fourth-order valence-electron chi connectivity index (χ4n) is 4.04. The van der Waals surface area contributed by atoms with Gasteiger partial charge in [-0.3, -0.25) is 0 Å². The fraction of sp³-hybridized carbons (Fsp3) is 0.381. The molecule has 2 aromatic heterocycles. The van der Waals surface area contributed by atoms with Crippen LogP contribution >= 0.6 is 0 Å². The molecule has 0 amide bonds. The molecule has 0 N–H and O–H groups in total. The molecule has 4 rings (SSSR count). The lowest BCUT2D eigenvalue weighted by molar-refractivity contribution is 0.383. The van der Waals surface area contributed by atoms with E-state index in [1.165, 1.54) is 6.33 Å². The van der Waals surface area contributed by atoms with E-state index in [4.69, 9.17) is 0 Å². The first kappa shape index (κ1) is 20.5. The van der Waals surface area contributed by atoms with Gasteiger partial charge in [0.05, 0.1) is 10.6 Å². The van der Waals surface area contributed by atoms with Crippen LogP contribution in [0.15, 0.2) is 41.7 Å². The van der Waals surface area contributed by atoms with Crippen LogP contribution in [0.5, 0.6) is 0 Å². The van der Waals surface area contributed by atoms with Crippen LogP contribution in [-0.2, 0) is 10.0 Å². The zero-order valence-electron chi connectivity index (χ0n) is 17.7. The highest BCUT2D eigenvalue weighted by Gasteiger charge is 2.31. The van der Waals surface area contributed by atoms with Gasteiger partial charge in [0, 0.05) is 38.4 Å². The zero-order valence-corrected chi connectivity index (χ0v) is 18.5. The topological polar surface area (TPSA) is 84.2 Å². The fourth-order valence-corrected chi connectivity index (χ4v) is 5.87. The van der Waals surface area contributed by atoms with Crippen molar-refractivity contribution in [2.24, 2.45) is 0 Å². The second-order valence-corrected chi connectivity index (χ2v) is 9.63. The van der Waals surface area contributed by atoms with Crippen LogP contribution in [0.3, 0.4) is 0 Å². The smallest absolute Gasteiger partial charge is 0.243 e. The number of anilines is 1. The van der Waals surface area contributed by atoms with E-state index >= 15 is 0 Å². The average Bonchev–Trinajstić information content (AvgIpc) is 3.13. The first-order chi connectivity index (χ1) is 14.3. The minimum atomic E-state index is -3.53. The molecule has 0 spiro atoms. The van der Waals surface area contributed by atoms with E-state index in [2.05, 4.69) is 20.0 Å². The minimum absolute atomic E-state index is 0.412. The Morgan fingerprint density at radius 3 is 2.10 bits per heavy atom. The van der Waals surface area contributed by atoms with Crippen LogP contribution in [0.2, 0.25) is 0 Å². The maximum atomic E-state index is 13.3. The molecule has 30 heavy (non-hydrogen) atoms. The van der Waals surface area contributed by atoms with Crippen LogP contribution in [0, 0.1) is 27.7 Å². The van der Waals surface area contributed by atoms with Gasteiger partial charge in [-0.1, -0.05) is 17.7 Å². The van der Waals surface area contributed by atoms with Crippen LogP contribution in [0.25, 0.3) is 5.82 Å². The molecule has 1 aliphatic heterocycles. The van der Waals surface area contributed by atoms with Gasteiger partial charge in [0.1, 0.15) is 12.1 Å². The molecule has 9 heteroatoms. The third-order valence-corrected chi connectivity index (χ3v) is 7.57. The van der Waals surface area contributed by atoms with Gasteiger partial charge in [0.2, 0.25) is 10.0 Å². The van der Waals surface area contributed by atoms with Gasteiger partial charge >= 0.3 is 0 Å². The maximum absolute atomic E-state index is 13.3. The molecule has 0 aliphatic carbocycles. The predicted octanol–water partition coefficient (Wildman–Crippen LogP) is 2.41. The van der Waals surface area contributed by atoms with E-state index in [9.17, 15) is 8.42 Å². The van der Waals surface area contributed by atoms with Crippen molar-refractivity contribution in [2.45, 2.75) is 32.6 Å². The second-order valence-electron chi connectivity index (χ2n) is 7.76. The molecule has 0 saturated carbocycles. The van der Waals surface area contributed by atoms with Crippen molar-refractivity contribution in [3.8, 4) is 5.82 Å². The summed E-state index contributed by atoms with van der Waals surface area (Å²) in [6.07, 6.45) is 3.38. The largest absolute Gasteiger partial charge is 0.354 e. The van der Waals surface area contributed by atoms with E-state index in [1.54, 1.807) is 8.99 Å². The molecule has 1 saturated heterocycles. The highest BCUT2D eigenvalue weighted by Crippen LogP contribution is 2.27. The highest BCUT2D eigenvalue weighted by atomic mass is 32.2. The summed E-state index contributed by atoms with van der Waals surface area (Å²) in [4.78, 5) is 11.2. The SMILES string of the molecule is Cc1cc(C)c(S(=O)(=O)N2CCN(c3cc(-n4ccc(C)n4)ncn3)CC2)c(C)c1. The summed E-state index contributed by atoms with van der Waals surface area (Å²) in [5.41, 5.74) is 3.58. The summed E-state index contributed by atoms with van der Waals surface area (Å²) in [5.74, 6) is 1.46. The van der Waals surface area contributed by atoms with Crippen molar-refractivity contribution in [3.05, 3.63) is 59.2 Å². The Labute approximate surface area is 177 Å². The summed E-state index contributed by atoms with van der Waals surface area (Å²) in [6.45, 7) is 9.59. The molecule has 8 nitrogen and oxygen atoms in total. The van der Waals surface area contributed by atoms with Gasteiger partial charge in [0.25, 0.3) is 0 Å². The van der Waals surface area contributed by atoms with Crippen LogP contribution < -0.4 is 4.90 Å². The first-order valence-corrected chi connectivity index (χ1v) is 11.4. The van der Waals surface area contributed by atoms with Crippen molar-refractivity contribution >= 4 is 15.8 Å². The summed E-state index contributed by atoms with van der Waals surface area (Å²) in [6, 6.07) is 7.65. The Balaban J connectivity index is 1.52. The lowest BCUT2D eigenvalue weighted by atomic mass is 10.1. The molecule has 0 radical (unpaired) electrons. The number of benzene rings is 1. The van der Waals surface area contributed by atoms with Gasteiger partial charge < -0.3 is 4.90 Å². The molecule has 3 heterocycles. The van der Waals surface area contributed by atoms with Crippen molar-refractivity contribution < 1.29 is 8.42 Å². The number of piperazine rings is 1. The molecule has 3 aromatic rings. The first-order valence-electron chi connectivity index (χ1n) is 9.93. The number of aromatic nitrogens is 4. The van der Waals surface area contributed by atoms with Gasteiger partial charge in [-0.2, -0.15) is 9.40 Å². The highest BCUT2D eigenvalue weighted by molar-refractivity contribution is 7.89. The number of aryl methyl sites for hydroxylation is 4. The van der Waals surface area contributed by atoms with Gasteiger partial charge in [0.15, 0.2) is 5.82 Å². The van der Waals surface area contributed by atoms with E-state index in [-0.39, 0.29) is 0 Å². The lowest BCUT2D eigenvalue weighted by Gasteiger charge is -2.35. The molecule has 1 aromatic carbocycles. The van der Waals surface area contributed by atoms with Gasteiger partial charge in [-0.25, -0.2) is 23.1 Å². The summed E-state index contributed by atoms with van der Waals surface area (Å²) < 4.78 is 29.9. The van der Waals surface area contributed by atoms with Crippen molar-refractivity contribution in [2.75, 3.05) is 31.1 Å². The molecular formula is C21H26N6O2S. The third-order valence-electron chi connectivity index (χ3n) is 5.36. The third kappa shape index (κ3) is 3.82. The quantitative estimate of drug-likeness (QED) is 0.637. The Bertz CT molecular complexity index is 1160. The Hall–Kier alpha value is -2.78. The van der Waals surface area contributed by atoms with E-state index in [0.717, 1.165) is 28.2 Å². The van der Waals surface area contributed by atoms with Crippen molar-refractivity contribution in [3.63, 3.8) is 0 Å². The Kier molecular flexibility index (Phi) is 5.33. The number of nitrogens with zero attached hydrogens (tertiary/aromatic N) is 6. The standard InChI is InChI=1S/C21H26N6O2S/c1-15-11-16(2)21(17(3)12-15)30(28,29)26-9-7-25(8-10-26)19-13-20(23-14-22-19)27-6-5-18(4)24-27/h5-6,11-14H,7-10H2,1-4H3. The van der Waals surface area contributed by atoms with E-state index < -0.39 is 10.0 Å². The normalized spacial score (nSPS) is 15.5. The number of sulfonamides is 1. The van der Waals surface area contributed by atoms with Crippen LogP contribution in [-0.4, -0.2) is 58.7 Å². The molecular weight excluding hydrogens is 400 g/mol. The average molecular weight is 427 g/mol. The molecule has 0 unspecified atom stereocenters. The molecule has 0 atom stereocenters. The van der Waals surface area contributed by atoms with Gasteiger partial charge in [-0.15, -0.1) is 0 Å². The van der Waals surface area contributed by atoms with E-state index in [1.807, 2.05) is 58.2 Å². The number of hydrogen-bond donors (Lipinski definition) is 0. The predicted molar refractivity (Wildman–Crippen MR) is 116 cm³/mol. The molecule has 158 valence electrons. The summed E-state index contributed by atoms with van der Waals surface area (Å²) in [5, 5.41) is 4.39. The van der Waals surface area contributed by atoms with Crippen LogP contribution in [0.4, 0.5) is 5.82 Å². The molecule has 1 aliphatic rings. The second kappa shape index (κ2) is 7.81. The number of rotatable bonds is 4. The van der Waals surface area contributed by atoms with Crippen LogP contribution in [0.1, 0.15) is 22.4 Å². The summed E-state index contributed by atoms with van der Waals surface area (Å²) in [7, 11) is -3.53. The monoisotopic (exact) mass is 426 g/mol. The summed E-state index contributed by atoms with van der Waals surface area (Å²) >= 11 is 0. The molecule has 1 fully saturated rings. The van der Waals surface area contributed by atoms with Gasteiger partial charge in [-0.05, 0) is 44.9 Å². The van der Waals surface area contributed by atoms with Crippen molar-refractivity contribution in [1.29, 1.82) is 0 Å². The lowest BCUT2D eigenvalue weighted by Crippen LogP contribution is -2.49.